The Balaban J connectivity index is 2.70. The fourth-order valence-electron chi connectivity index (χ4n) is 0.970. The molecule has 1 rings (SSSR count). The van der Waals surface area contributed by atoms with Gasteiger partial charge in [-0.15, -0.1) is 0 Å². The van der Waals surface area contributed by atoms with Crippen LogP contribution in [0.2, 0.25) is 0 Å². The minimum Gasteiger partial charge on any atom is -0.457 e. The average molecular weight is 244 g/mol. The minimum atomic E-state index is -0.751. The van der Waals surface area contributed by atoms with E-state index in [0.717, 1.165) is 0 Å². The second kappa shape index (κ2) is 4.65. The molecule has 0 unspecified atom stereocenters. The molecule has 1 aromatic heterocycles. The highest BCUT2D eigenvalue weighted by Crippen LogP contribution is 2.20. The predicted molar refractivity (Wildman–Crippen MR) is 56.7 cm³/mol. The summed E-state index contributed by atoms with van der Waals surface area (Å²) in [4.78, 5) is 23.0. The van der Waals surface area contributed by atoms with Gasteiger partial charge in [-0.1, -0.05) is 0 Å². The van der Waals surface area contributed by atoms with Crippen LogP contribution in [0.25, 0.3) is 0 Å². The molecule has 0 aliphatic carbocycles. The number of esters is 2. The summed E-state index contributed by atoms with van der Waals surface area (Å²) in [5, 5.41) is 0. The van der Waals surface area contributed by atoms with E-state index in [1.807, 2.05) is 0 Å². The van der Waals surface area contributed by atoms with Crippen molar-refractivity contribution in [2.24, 2.45) is 0 Å². The van der Waals surface area contributed by atoms with Crippen molar-refractivity contribution in [2.75, 3.05) is 0 Å². The van der Waals surface area contributed by atoms with Gasteiger partial charge in [0, 0.05) is 0 Å². The Morgan fingerprint density at radius 3 is 1.88 bits per heavy atom. The number of carbonyl (C=O) groups excluding carboxylic acids is 2. The van der Waals surface area contributed by atoms with Gasteiger partial charge in [-0.2, -0.15) is 0 Å². The Morgan fingerprint density at radius 1 is 1.06 bits per heavy atom. The molecule has 0 spiro atoms. The second-order valence-electron chi connectivity index (χ2n) is 4.78. The third-order valence-electron chi connectivity index (χ3n) is 1.53. The highest BCUT2D eigenvalue weighted by atomic mass is 17.0. The number of hydrogen-bond donors (Lipinski definition) is 0. The molecule has 0 aromatic carbocycles. The number of hydrogen-bond acceptors (Lipinski definition) is 6. The zero-order chi connectivity index (χ0) is 13.2. The van der Waals surface area contributed by atoms with Gasteiger partial charge in [0.25, 0.3) is 0 Å². The molecule has 1 aromatic rings. The van der Waals surface area contributed by atoms with Crippen molar-refractivity contribution in [3.05, 3.63) is 11.5 Å². The monoisotopic (exact) mass is 244 g/mol. The summed E-state index contributed by atoms with van der Waals surface area (Å²) in [5.41, 5.74) is -0.671. The lowest BCUT2D eigenvalue weighted by molar-refractivity contribution is -0.0558. The van der Waals surface area contributed by atoms with Crippen molar-refractivity contribution >= 4 is 11.9 Å². The summed E-state index contributed by atoms with van der Waals surface area (Å²) in [5.74, 6) is -2.01. The first-order valence-corrected chi connectivity index (χ1v) is 5.24. The highest BCUT2D eigenvalue weighted by molar-refractivity contribution is 5.99. The van der Waals surface area contributed by atoms with E-state index in [2.05, 4.69) is 9.15 Å². The van der Waals surface area contributed by atoms with Gasteiger partial charge in [-0.3, -0.25) is 9.15 Å². The quantitative estimate of drug-likeness (QED) is 0.600. The molecule has 1 heterocycles. The molecule has 0 amide bonds. The minimum absolute atomic E-state index is 0.257. The molecule has 0 fully saturated rings. The largest absolute Gasteiger partial charge is 0.457 e. The zero-order valence-corrected chi connectivity index (χ0v) is 10.5. The van der Waals surface area contributed by atoms with E-state index in [1.54, 1.807) is 34.6 Å². The topological polar surface area (TPSA) is 78.9 Å². The molecule has 0 saturated heterocycles. The summed E-state index contributed by atoms with van der Waals surface area (Å²) in [6.45, 7) is 8.49. The van der Waals surface area contributed by atoms with Crippen molar-refractivity contribution in [1.82, 2.24) is 0 Å². The van der Waals surface area contributed by atoms with E-state index >= 15 is 0 Å². The number of ether oxygens (including phenoxy) is 2. The maximum absolute atomic E-state index is 11.5. The average Bonchev–Trinajstić information content (AvgIpc) is 1.94. The molecule has 0 radical (unpaired) electrons. The van der Waals surface area contributed by atoms with Gasteiger partial charge < -0.3 is 9.47 Å². The van der Waals surface area contributed by atoms with Crippen molar-refractivity contribution in [3.63, 3.8) is 0 Å². The van der Waals surface area contributed by atoms with E-state index in [-0.39, 0.29) is 17.6 Å². The normalized spacial score (nSPS) is 11.6. The van der Waals surface area contributed by atoms with Crippen molar-refractivity contribution in [2.45, 2.75) is 46.3 Å². The number of carbonyl (C=O) groups is 2. The molecule has 96 valence electrons. The van der Waals surface area contributed by atoms with Crippen LogP contribution in [0.4, 0.5) is 0 Å². The molecule has 6 heteroatoms. The lowest BCUT2D eigenvalue weighted by Crippen LogP contribution is -2.26. The summed E-state index contributed by atoms with van der Waals surface area (Å²) in [6, 6.07) is 0. The van der Waals surface area contributed by atoms with Gasteiger partial charge in [0.05, 0.1) is 6.10 Å². The Labute approximate surface area is 98.8 Å². The maximum Gasteiger partial charge on any atom is 0.384 e. The van der Waals surface area contributed by atoms with Gasteiger partial charge in [0.15, 0.2) is 0 Å². The Kier molecular flexibility index (Phi) is 3.65. The maximum atomic E-state index is 11.5. The SMILES string of the molecule is CC(C)OC(=O)c1ooc1C(=O)OC(C)(C)C. The molecular weight excluding hydrogens is 228 g/mol. The molecule has 0 saturated carbocycles. The number of rotatable bonds is 3. The smallest absolute Gasteiger partial charge is 0.384 e. The molecule has 0 atom stereocenters. The lowest BCUT2D eigenvalue weighted by atomic mass is 10.2. The van der Waals surface area contributed by atoms with E-state index in [1.165, 1.54) is 0 Å². The van der Waals surface area contributed by atoms with Crippen LogP contribution in [0.1, 0.15) is 55.7 Å². The van der Waals surface area contributed by atoms with Gasteiger partial charge in [0.1, 0.15) is 5.60 Å². The van der Waals surface area contributed by atoms with Gasteiger partial charge in [-0.25, -0.2) is 9.59 Å². The van der Waals surface area contributed by atoms with E-state index in [4.69, 9.17) is 9.47 Å². The highest BCUT2D eigenvalue weighted by Gasteiger charge is 2.34. The fourth-order valence-corrected chi connectivity index (χ4v) is 0.970. The summed E-state index contributed by atoms with van der Waals surface area (Å²) < 4.78 is 18.8. The summed E-state index contributed by atoms with van der Waals surface area (Å²) in [7, 11) is 0. The first-order chi connectivity index (χ1) is 7.70. The first kappa shape index (κ1) is 13.3. The fraction of sp³-hybridized carbons (Fsp3) is 0.636. The molecular formula is C11H16O6. The van der Waals surface area contributed by atoms with Crippen LogP contribution >= 0.6 is 0 Å². The van der Waals surface area contributed by atoms with Crippen LogP contribution in [0, 0.1) is 0 Å². The second-order valence-corrected chi connectivity index (χ2v) is 4.78. The first-order valence-electron chi connectivity index (χ1n) is 5.24. The van der Waals surface area contributed by atoms with Crippen LogP contribution in [0.15, 0.2) is 9.15 Å². The Morgan fingerprint density at radius 2 is 1.53 bits per heavy atom. The van der Waals surface area contributed by atoms with E-state index in [0.29, 0.717) is 0 Å². The Hall–Kier alpha value is -1.72. The molecule has 0 aliphatic heterocycles. The third kappa shape index (κ3) is 3.65. The molecule has 0 N–H and O–H groups in total. The predicted octanol–water partition coefficient (Wildman–Crippen LogP) is 2.39. The van der Waals surface area contributed by atoms with Crippen molar-refractivity contribution < 1.29 is 28.2 Å². The summed E-state index contributed by atoms with van der Waals surface area (Å²) >= 11 is 0. The van der Waals surface area contributed by atoms with Gasteiger partial charge >= 0.3 is 23.5 Å². The van der Waals surface area contributed by atoms with Crippen LogP contribution in [-0.2, 0) is 9.47 Å². The van der Waals surface area contributed by atoms with E-state index < -0.39 is 17.5 Å². The van der Waals surface area contributed by atoms with Crippen LogP contribution < -0.4 is 0 Å². The third-order valence-corrected chi connectivity index (χ3v) is 1.53. The molecule has 6 nitrogen and oxygen atoms in total. The molecule has 0 bridgehead atoms. The van der Waals surface area contributed by atoms with Crippen LogP contribution in [0.5, 0.6) is 0 Å². The van der Waals surface area contributed by atoms with Gasteiger partial charge in [-0.05, 0) is 34.6 Å². The zero-order valence-electron chi connectivity index (χ0n) is 10.5. The molecule has 17 heavy (non-hydrogen) atoms. The van der Waals surface area contributed by atoms with Crippen LogP contribution in [-0.4, -0.2) is 23.6 Å². The Bertz CT molecular complexity index is 403. The van der Waals surface area contributed by atoms with Gasteiger partial charge in [0.2, 0.25) is 0 Å². The van der Waals surface area contributed by atoms with Crippen molar-refractivity contribution in [1.29, 1.82) is 0 Å². The van der Waals surface area contributed by atoms with Crippen molar-refractivity contribution in [3.8, 4) is 0 Å². The molecule has 0 aliphatic rings. The summed E-state index contributed by atoms with van der Waals surface area (Å²) in [6.07, 6.45) is -0.306. The van der Waals surface area contributed by atoms with E-state index in [9.17, 15) is 9.59 Å². The van der Waals surface area contributed by atoms with Crippen LogP contribution in [0.3, 0.4) is 0 Å². The standard InChI is InChI=1S/C11H16O6/c1-6(2)14-9(12)7-8(17-16-7)10(13)15-11(3,4)5/h6H,1-5H3. The lowest BCUT2D eigenvalue weighted by Gasteiger charge is -2.19.